The number of esters is 1. The van der Waals surface area contributed by atoms with E-state index in [0.29, 0.717) is 6.42 Å². The number of rotatable bonds is 3. The lowest BCUT2D eigenvalue weighted by molar-refractivity contribution is -0.140. The number of carbonyl (C=O) groups excluding carboxylic acids is 1. The molecule has 3 aromatic rings. The molecule has 1 aliphatic rings. The maximum atomic E-state index is 13.2. The predicted molar refractivity (Wildman–Crippen MR) is 92.6 cm³/mol. The van der Waals surface area contributed by atoms with E-state index in [4.69, 9.17) is 4.74 Å². The average Bonchev–Trinajstić information content (AvgIpc) is 3.12. The molecule has 24 heavy (non-hydrogen) atoms. The molecule has 1 saturated heterocycles. The van der Waals surface area contributed by atoms with Crippen molar-refractivity contribution in [3.8, 4) is 11.1 Å². The smallest absolute Gasteiger partial charge is 0.319 e. The molecule has 122 valence electrons. The Balaban J connectivity index is 1.77. The SMILES string of the molecule is C[C@@H]1C[C@@H](Sc2ncnc3scc(-c4ccc(F)cc4)c23)C(=O)O1. The molecule has 0 N–H and O–H groups in total. The quantitative estimate of drug-likeness (QED) is 0.515. The Hall–Kier alpha value is -1.99. The van der Waals surface area contributed by atoms with Gasteiger partial charge in [-0.25, -0.2) is 14.4 Å². The minimum absolute atomic E-state index is 0.0635. The van der Waals surface area contributed by atoms with Crippen LogP contribution < -0.4 is 0 Å². The third kappa shape index (κ3) is 2.78. The first-order chi connectivity index (χ1) is 11.6. The van der Waals surface area contributed by atoms with Crippen LogP contribution in [0.15, 0.2) is 41.0 Å². The minimum atomic E-state index is -0.271. The van der Waals surface area contributed by atoms with E-state index < -0.39 is 0 Å². The monoisotopic (exact) mass is 360 g/mol. The van der Waals surface area contributed by atoms with Gasteiger partial charge in [0.15, 0.2) is 0 Å². The summed E-state index contributed by atoms with van der Waals surface area (Å²) in [4.78, 5) is 21.5. The van der Waals surface area contributed by atoms with E-state index in [-0.39, 0.29) is 23.1 Å². The van der Waals surface area contributed by atoms with Gasteiger partial charge in [-0.15, -0.1) is 11.3 Å². The third-order valence-corrected chi connectivity index (χ3v) is 5.96. The summed E-state index contributed by atoms with van der Waals surface area (Å²) in [5.41, 5.74) is 1.86. The Morgan fingerprint density at radius 1 is 1.29 bits per heavy atom. The number of aromatic nitrogens is 2. The predicted octanol–water partition coefficient (Wildman–Crippen LogP) is 4.29. The number of fused-ring (bicyclic) bond motifs is 1. The molecular weight excluding hydrogens is 347 g/mol. The number of carbonyl (C=O) groups is 1. The van der Waals surface area contributed by atoms with E-state index in [1.807, 2.05) is 12.3 Å². The van der Waals surface area contributed by atoms with Crippen LogP contribution >= 0.6 is 23.1 Å². The van der Waals surface area contributed by atoms with Crippen LogP contribution in [0.25, 0.3) is 21.3 Å². The normalized spacial score (nSPS) is 20.5. The molecule has 1 fully saturated rings. The molecule has 0 saturated carbocycles. The fourth-order valence-corrected chi connectivity index (χ4v) is 4.93. The van der Waals surface area contributed by atoms with Crippen LogP contribution in [0.3, 0.4) is 0 Å². The Labute approximate surface area is 146 Å². The van der Waals surface area contributed by atoms with E-state index in [2.05, 4.69) is 9.97 Å². The van der Waals surface area contributed by atoms with Gasteiger partial charge in [0.2, 0.25) is 0 Å². The number of halogens is 1. The zero-order chi connectivity index (χ0) is 16.7. The highest BCUT2D eigenvalue weighted by atomic mass is 32.2. The summed E-state index contributed by atoms with van der Waals surface area (Å²) in [5.74, 6) is -0.468. The Morgan fingerprint density at radius 2 is 2.08 bits per heavy atom. The second-order valence-electron chi connectivity index (χ2n) is 5.60. The molecule has 7 heteroatoms. The summed E-state index contributed by atoms with van der Waals surface area (Å²) in [7, 11) is 0. The van der Waals surface area contributed by atoms with Crippen molar-refractivity contribution in [3.05, 3.63) is 41.8 Å². The van der Waals surface area contributed by atoms with Crippen molar-refractivity contribution in [2.75, 3.05) is 0 Å². The molecule has 0 unspecified atom stereocenters. The van der Waals surface area contributed by atoms with Crippen LogP contribution in [-0.4, -0.2) is 27.3 Å². The van der Waals surface area contributed by atoms with Crippen molar-refractivity contribution >= 4 is 39.3 Å². The zero-order valence-electron chi connectivity index (χ0n) is 12.7. The molecule has 2 atom stereocenters. The van der Waals surface area contributed by atoms with Gasteiger partial charge in [0.1, 0.15) is 33.4 Å². The Morgan fingerprint density at radius 3 is 2.79 bits per heavy atom. The fraction of sp³-hybridized carbons (Fsp3) is 0.235. The molecule has 4 rings (SSSR count). The van der Waals surface area contributed by atoms with E-state index in [9.17, 15) is 9.18 Å². The van der Waals surface area contributed by atoms with Crippen molar-refractivity contribution < 1.29 is 13.9 Å². The van der Waals surface area contributed by atoms with E-state index in [1.165, 1.54) is 41.6 Å². The van der Waals surface area contributed by atoms with Gasteiger partial charge in [-0.3, -0.25) is 4.79 Å². The molecule has 0 bridgehead atoms. The fourth-order valence-electron chi connectivity index (χ4n) is 2.73. The summed E-state index contributed by atoms with van der Waals surface area (Å²) in [5, 5.41) is 3.41. The van der Waals surface area contributed by atoms with Gasteiger partial charge in [0, 0.05) is 17.4 Å². The van der Waals surface area contributed by atoms with Crippen LogP contribution in [0.5, 0.6) is 0 Å². The van der Waals surface area contributed by atoms with Crippen molar-refractivity contribution in [2.24, 2.45) is 0 Å². The first kappa shape index (κ1) is 15.5. The largest absolute Gasteiger partial charge is 0.462 e. The first-order valence-corrected chi connectivity index (χ1v) is 9.23. The first-order valence-electron chi connectivity index (χ1n) is 7.47. The lowest BCUT2D eigenvalue weighted by atomic mass is 10.1. The van der Waals surface area contributed by atoms with Gasteiger partial charge in [0.05, 0.1) is 5.39 Å². The maximum absolute atomic E-state index is 13.2. The van der Waals surface area contributed by atoms with Gasteiger partial charge >= 0.3 is 5.97 Å². The second-order valence-corrected chi connectivity index (χ2v) is 7.65. The van der Waals surface area contributed by atoms with Gasteiger partial charge < -0.3 is 4.74 Å². The highest BCUT2D eigenvalue weighted by Crippen LogP contribution is 2.40. The van der Waals surface area contributed by atoms with Crippen molar-refractivity contribution in [1.29, 1.82) is 0 Å². The Bertz CT molecular complexity index is 911. The lowest BCUT2D eigenvalue weighted by Crippen LogP contribution is -2.09. The second kappa shape index (κ2) is 6.14. The standard InChI is InChI=1S/C17H13FN2O2S2/c1-9-6-13(17(21)22-9)24-16-14-12(7-23-15(14)19-8-20-16)10-2-4-11(18)5-3-10/h2-5,7-9,13H,6H2,1H3/t9-,13-/m1/s1. The van der Waals surface area contributed by atoms with Gasteiger partial charge in [-0.05, 0) is 24.6 Å². The van der Waals surface area contributed by atoms with E-state index in [0.717, 1.165) is 26.4 Å². The van der Waals surface area contributed by atoms with Crippen LogP contribution in [0.1, 0.15) is 13.3 Å². The van der Waals surface area contributed by atoms with Crippen molar-refractivity contribution in [3.63, 3.8) is 0 Å². The number of cyclic esters (lactones) is 1. The van der Waals surface area contributed by atoms with E-state index in [1.54, 1.807) is 12.1 Å². The summed E-state index contributed by atoms with van der Waals surface area (Å²) in [6, 6.07) is 6.35. The number of ether oxygens (including phenoxy) is 1. The van der Waals surface area contributed by atoms with Crippen LogP contribution in [0.2, 0.25) is 0 Å². The Kier molecular flexibility index (Phi) is 3.97. The van der Waals surface area contributed by atoms with Crippen LogP contribution in [-0.2, 0) is 9.53 Å². The molecule has 3 heterocycles. The van der Waals surface area contributed by atoms with Crippen molar-refractivity contribution in [1.82, 2.24) is 9.97 Å². The van der Waals surface area contributed by atoms with Crippen LogP contribution in [0.4, 0.5) is 4.39 Å². The van der Waals surface area contributed by atoms with Crippen LogP contribution in [0, 0.1) is 5.82 Å². The number of benzene rings is 1. The molecule has 0 radical (unpaired) electrons. The van der Waals surface area contributed by atoms with Gasteiger partial charge in [-0.2, -0.15) is 0 Å². The topological polar surface area (TPSA) is 52.1 Å². The number of hydrogen-bond donors (Lipinski definition) is 0. The van der Waals surface area contributed by atoms with Gasteiger partial charge in [0.25, 0.3) is 0 Å². The maximum Gasteiger partial charge on any atom is 0.319 e. The highest BCUT2D eigenvalue weighted by molar-refractivity contribution is 8.00. The molecular formula is C17H13FN2O2S2. The number of nitrogens with zero attached hydrogens (tertiary/aromatic N) is 2. The summed E-state index contributed by atoms with van der Waals surface area (Å²) in [6.07, 6.45) is 2.12. The number of thioether (sulfide) groups is 1. The molecule has 0 spiro atoms. The number of thiophene rings is 1. The average molecular weight is 360 g/mol. The molecule has 1 aliphatic heterocycles. The molecule has 2 aromatic heterocycles. The van der Waals surface area contributed by atoms with Crippen molar-refractivity contribution in [2.45, 2.75) is 29.7 Å². The summed E-state index contributed by atoms with van der Waals surface area (Å²) in [6.45, 7) is 1.89. The van der Waals surface area contributed by atoms with E-state index >= 15 is 0 Å². The molecule has 1 aromatic carbocycles. The summed E-state index contributed by atoms with van der Waals surface area (Å²) < 4.78 is 18.4. The molecule has 4 nitrogen and oxygen atoms in total. The third-order valence-electron chi connectivity index (χ3n) is 3.87. The highest BCUT2D eigenvalue weighted by Gasteiger charge is 2.33. The van der Waals surface area contributed by atoms with Gasteiger partial charge in [-0.1, -0.05) is 23.9 Å². The minimum Gasteiger partial charge on any atom is -0.462 e. The lowest BCUT2D eigenvalue weighted by Gasteiger charge is -2.07. The number of hydrogen-bond acceptors (Lipinski definition) is 6. The zero-order valence-corrected chi connectivity index (χ0v) is 14.4. The molecule has 0 amide bonds. The molecule has 0 aliphatic carbocycles. The summed E-state index contributed by atoms with van der Waals surface area (Å²) >= 11 is 2.93.